The molecule has 118 valence electrons. The van der Waals surface area contributed by atoms with Crippen LogP contribution in [-0.4, -0.2) is 45.2 Å². The van der Waals surface area contributed by atoms with Crippen molar-refractivity contribution < 1.29 is 9.13 Å². The number of hydrogen-bond donors (Lipinski definition) is 1. The van der Waals surface area contributed by atoms with Crippen LogP contribution in [0.1, 0.15) is 24.8 Å². The topological polar surface area (TPSA) is 36.9 Å². The molecule has 0 bridgehead atoms. The third kappa shape index (κ3) is 7.09. The van der Waals surface area contributed by atoms with Gasteiger partial charge in [-0.25, -0.2) is 4.39 Å². The molecule has 0 atom stereocenters. The van der Waals surface area contributed by atoms with E-state index in [4.69, 9.17) is 4.74 Å². The smallest absolute Gasteiger partial charge is 0.193 e. The van der Waals surface area contributed by atoms with Crippen molar-refractivity contribution in [2.75, 3.05) is 34.4 Å². The minimum atomic E-state index is -0.208. The number of guanidine groups is 1. The molecule has 1 N–H and O–H groups in total. The number of hydrogen-bond acceptors (Lipinski definition) is 2. The van der Waals surface area contributed by atoms with Gasteiger partial charge in [0.2, 0.25) is 0 Å². The molecule has 0 saturated carbocycles. The Balaban J connectivity index is 2.32. The summed E-state index contributed by atoms with van der Waals surface area (Å²) < 4.78 is 17.9. The van der Waals surface area contributed by atoms with Crippen LogP contribution in [0.15, 0.2) is 29.3 Å². The lowest BCUT2D eigenvalue weighted by molar-refractivity contribution is 0.192. The molecule has 0 radical (unpaired) electrons. The second-order valence-corrected chi connectivity index (χ2v) is 5.01. The maximum atomic E-state index is 12.9. The van der Waals surface area contributed by atoms with Gasteiger partial charge in [0.15, 0.2) is 5.96 Å². The highest BCUT2D eigenvalue weighted by Crippen LogP contribution is 2.05. The molecular weight excluding hydrogens is 269 g/mol. The molecule has 4 nitrogen and oxygen atoms in total. The first-order chi connectivity index (χ1) is 10.2. The molecule has 1 aromatic carbocycles. The Morgan fingerprint density at radius 3 is 2.57 bits per heavy atom. The quantitative estimate of drug-likeness (QED) is 0.455. The highest BCUT2D eigenvalue weighted by atomic mass is 19.1. The number of nitrogens with zero attached hydrogens (tertiary/aromatic N) is 2. The van der Waals surface area contributed by atoms with E-state index in [1.165, 1.54) is 12.1 Å². The van der Waals surface area contributed by atoms with Crippen LogP contribution < -0.4 is 5.32 Å². The number of aliphatic imine (C=N–C) groups is 1. The second kappa shape index (κ2) is 10.2. The van der Waals surface area contributed by atoms with E-state index in [9.17, 15) is 4.39 Å². The molecule has 0 aliphatic carbocycles. The monoisotopic (exact) mass is 295 g/mol. The van der Waals surface area contributed by atoms with E-state index in [2.05, 4.69) is 10.3 Å². The summed E-state index contributed by atoms with van der Waals surface area (Å²) in [6.07, 6.45) is 3.31. The fourth-order valence-electron chi connectivity index (χ4n) is 2.07. The molecule has 5 heteroatoms. The van der Waals surface area contributed by atoms with Crippen LogP contribution in [0.5, 0.6) is 0 Å². The second-order valence-electron chi connectivity index (χ2n) is 5.01. The van der Waals surface area contributed by atoms with Gasteiger partial charge >= 0.3 is 0 Å². The summed E-state index contributed by atoms with van der Waals surface area (Å²) in [6.45, 7) is 2.41. The Labute approximate surface area is 127 Å². The molecule has 0 saturated heterocycles. The van der Waals surface area contributed by atoms with Crippen LogP contribution in [0, 0.1) is 5.82 Å². The van der Waals surface area contributed by atoms with Crippen molar-refractivity contribution in [3.8, 4) is 0 Å². The van der Waals surface area contributed by atoms with E-state index in [1.807, 2.05) is 11.9 Å². The standard InChI is InChI=1S/C16H26FN3O/c1-18-16(19-11-5-4-6-12-21-3)20(2)13-14-7-9-15(17)10-8-14/h7-10H,4-6,11-13H2,1-3H3,(H,18,19). The Kier molecular flexibility index (Phi) is 8.43. The van der Waals surface area contributed by atoms with Gasteiger partial charge in [0.25, 0.3) is 0 Å². The summed E-state index contributed by atoms with van der Waals surface area (Å²) in [5, 5.41) is 3.34. The molecule has 0 spiro atoms. The molecule has 0 amide bonds. The van der Waals surface area contributed by atoms with Gasteiger partial charge in [-0.3, -0.25) is 4.99 Å². The average molecular weight is 295 g/mol. The van der Waals surface area contributed by atoms with Crippen LogP contribution in [0.3, 0.4) is 0 Å². The third-order valence-electron chi connectivity index (χ3n) is 3.21. The third-order valence-corrected chi connectivity index (χ3v) is 3.21. The largest absolute Gasteiger partial charge is 0.385 e. The highest BCUT2D eigenvalue weighted by molar-refractivity contribution is 5.79. The van der Waals surface area contributed by atoms with Crippen LogP contribution >= 0.6 is 0 Å². The van der Waals surface area contributed by atoms with Gasteiger partial charge in [-0.2, -0.15) is 0 Å². The first kappa shape index (κ1) is 17.4. The molecule has 0 aromatic heterocycles. The number of rotatable bonds is 8. The first-order valence-corrected chi connectivity index (χ1v) is 7.32. The number of unbranched alkanes of at least 4 members (excludes halogenated alkanes) is 2. The normalized spacial score (nSPS) is 11.5. The van der Waals surface area contributed by atoms with Crippen molar-refractivity contribution in [3.05, 3.63) is 35.6 Å². The molecule has 0 unspecified atom stereocenters. The zero-order valence-corrected chi connectivity index (χ0v) is 13.2. The van der Waals surface area contributed by atoms with E-state index in [-0.39, 0.29) is 5.82 Å². The van der Waals surface area contributed by atoms with Gasteiger partial charge in [-0.1, -0.05) is 12.1 Å². The summed E-state index contributed by atoms with van der Waals surface area (Å²) in [4.78, 5) is 6.30. The summed E-state index contributed by atoms with van der Waals surface area (Å²) in [7, 11) is 5.47. The number of benzene rings is 1. The minimum Gasteiger partial charge on any atom is -0.385 e. The Hall–Kier alpha value is -1.62. The fourth-order valence-corrected chi connectivity index (χ4v) is 2.07. The van der Waals surface area contributed by atoms with E-state index in [0.29, 0.717) is 6.54 Å². The minimum absolute atomic E-state index is 0.208. The van der Waals surface area contributed by atoms with Crippen molar-refractivity contribution in [1.82, 2.24) is 10.2 Å². The molecule has 21 heavy (non-hydrogen) atoms. The fraction of sp³-hybridized carbons (Fsp3) is 0.562. The molecule has 1 rings (SSSR count). The van der Waals surface area contributed by atoms with Crippen LogP contribution in [0.4, 0.5) is 4.39 Å². The van der Waals surface area contributed by atoms with Gasteiger partial charge in [0.1, 0.15) is 5.82 Å². The van der Waals surface area contributed by atoms with E-state index >= 15 is 0 Å². The van der Waals surface area contributed by atoms with Gasteiger partial charge in [-0.05, 0) is 37.0 Å². The molecule has 1 aromatic rings. The van der Waals surface area contributed by atoms with Gasteiger partial charge in [0.05, 0.1) is 0 Å². The lowest BCUT2D eigenvalue weighted by Crippen LogP contribution is -2.38. The molecule has 0 aliphatic rings. The predicted octanol–water partition coefficient (Wildman–Crippen LogP) is 2.65. The maximum Gasteiger partial charge on any atom is 0.193 e. The molecule has 0 heterocycles. The predicted molar refractivity (Wildman–Crippen MR) is 85.0 cm³/mol. The average Bonchev–Trinajstić information content (AvgIpc) is 2.49. The summed E-state index contributed by atoms with van der Waals surface area (Å²) >= 11 is 0. The van der Waals surface area contributed by atoms with Crippen LogP contribution in [0.25, 0.3) is 0 Å². The number of methoxy groups -OCH3 is 1. The summed E-state index contributed by atoms with van der Waals surface area (Å²) in [6, 6.07) is 6.55. The van der Waals surface area contributed by atoms with Crippen LogP contribution in [-0.2, 0) is 11.3 Å². The van der Waals surface area contributed by atoms with E-state index in [0.717, 1.165) is 43.9 Å². The van der Waals surface area contributed by atoms with E-state index in [1.54, 1.807) is 26.3 Å². The zero-order chi connectivity index (χ0) is 15.5. The highest BCUT2D eigenvalue weighted by Gasteiger charge is 2.06. The number of ether oxygens (including phenoxy) is 1. The van der Waals surface area contributed by atoms with Gasteiger partial charge in [-0.15, -0.1) is 0 Å². The molecular formula is C16H26FN3O. The molecule has 0 aliphatic heterocycles. The van der Waals surface area contributed by atoms with Crippen molar-refractivity contribution in [1.29, 1.82) is 0 Å². The Bertz CT molecular complexity index is 420. The zero-order valence-electron chi connectivity index (χ0n) is 13.2. The number of nitrogens with one attached hydrogen (secondary N) is 1. The van der Waals surface area contributed by atoms with Crippen molar-refractivity contribution >= 4 is 5.96 Å². The lowest BCUT2D eigenvalue weighted by Gasteiger charge is -2.22. The Morgan fingerprint density at radius 1 is 1.24 bits per heavy atom. The first-order valence-electron chi connectivity index (χ1n) is 7.32. The van der Waals surface area contributed by atoms with Crippen molar-refractivity contribution in [2.24, 2.45) is 4.99 Å². The lowest BCUT2D eigenvalue weighted by atomic mass is 10.2. The van der Waals surface area contributed by atoms with Crippen molar-refractivity contribution in [3.63, 3.8) is 0 Å². The van der Waals surface area contributed by atoms with E-state index < -0.39 is 0 Å². The van der Waals surface area contributed by atoms with Gasteiger partial charge in [0, 0.05) is 40.9 Å². The summed E-state index contributed by atoms with van der Waals surface area (Å²) in [5.74, 6) is 0.644. The molecule has 0 fully saturated rings. The number of halogens is 1. The van der Waals surface area contributed by atoms with Gasteiger partial charge < -0.3 is 15.0 Å². The maximum absolute atomic E-state index is 12.9. The van der Waals surface area contributed by atoms with Crippen LogP contribution in [0.2, 0.25) is 0 Å². The Morgan fingerprint density at radius 2 is 1.95 bits per heavy atom. The summed E-state index contributed by atoms with van der Waals surface area (Å²) in [5.41, 5.74) is 1.06. The van der Waals surface area contributed by atoms with Crippen molar-refractivity contribution in [2.45, 2.75) is 25.8 Å². The SMILES string of the molecule is CN=C(NCCCCCOC)N(C)Cc1ccc(F)cc1.